The zero-order valence-corrected chi connectivity index (χ0v) is 13.8. The van der Waals surface area contributed by atoms with Crippen molar-refractivity contribution in [1.82, 2.24) is 0 Å². The number of nitriles is 1. The first kappa shape index (κ1) is 18.8. The van der Waals surface area contributed by atoms with Crippen LogP contribution in [0.25, 0.3) is 0 Å². The Hall–Kier alpha value is -2.52. The monoisotopic (exact) mass is 339 g/mol. The predicted molar refractivity (Wildman–Crippen MR) is 92.5 cm³/mol. The SMILES string of the molecule is N#CC(OC[C@@H](O)[C@H](CC=O)OCc1ccccc1)c1ccccc1. The van der Waals surface area contributed by atoms with E-state index in [0.717, 1.165) is 5.56 Å². The van der Waals surface area contributed by atoms with Crippen LogP contribution in [0.1, 0.15) is 23.7 Å². The van der Waals surface area contributed by atoms with E-state index in [1.165, 1.54) is 0 Å². The molecular formula is C20H21NO4. The summed E-state index contributed by atoms with van der Waals surface area (Å²) in [5, 5.41) is 19.5. The Morgan fingerprint density at radius 3 is 2.28 bits per heavy atom. The topological polar surface area (TPSA) is 79.5 Å². The molecule has 2 aromatic rings. The van der Waals surface area contributed by atoms with E-state index in [1.807, 2.05) is 48.5 Å². The third-order valence-corrected chi connectivity index (χ3v) is 3.72. The number of hydrogen-bond acceptors (Lipinski definition) is 5. The summed E-state index contributed by atoms with van der Waals surface area (Å²) in [6, 6.07) is 20.6. The van der Waals surface area contributed by atoms with Crippen molar-refractivity contribution in [2.75, 3.05) is 6.61 Å². The number of nitrogens with zero attached hydrogens (tertiary/aromatic N) is 1. The van der Waals surface area contributed by atoms with Gasteiger partial charge in [0.05, 0.1) is 25.4 Å². The van der Waals surface area contributed by atoms with Crippen molar-refractivity contribution in [2.24, 2.45) is 0 Å². The quantitative estimate of drug-likeness (QED) is 0.673. The molecule has 0 aliphatic carbocycles. The lowest BCUT2D eigenvalue weighted by Crippen LogP contribution is -2.34. The van der Waals surface area contributed by atoms with E-state index in [0.29, 0.717) is 11.8 Å². The van der Waals surface area contributed by atoms with Crippen molar-refractivity contribution in [2.45, 2.75) is 31.3 Å². The van der Waals surface area contributed by atoms with E-state index < -0.39 is 18.3 Å². The molecule has 25 heavy (non-hydrogen) atoms. The van der Waals surface area contributed by atoms with Gasteiger partial charge in [-0.15, -0.1) is 0 Å². The Morgan fingerprint density at radius 2 is 1.68 bits per heavy atom. The van der Waals surface area contributed by atoms with Gasteiger partial charge in [0.1, 0.15) is 12.4 Å². The van der Waals surface area contributed by atoms with Gasteiger partial charge in [-0.3, -0.25) is 0 Å². The molecule has 0 saturated heterocycles. The molecule has 0 saturated carbocycles. The van der Waals surface area contributed by atoms with Crippen LogP contribution in [0.3, 0.4) is 0 Å². The molecule has 130 valence electrons. The van der Waals surface area contributed by atoms with E-state index >= 15 is 0 Å². The molecule has 0 amide bonds. The van der Waals surface area contributed by atoms with Gasteiger partial charge in [0, 0.05) is 6.42 Å². The van der Waals surface area contributed by atoms with Gasteiger partial charge in [-0.2, -0.15) is 5.26 Å². The largest absolute Gasteiger partial charge is 0.388 e. The summed E-state index contributed by atoms with van der Waals surface area (Å²) >= 11 is 0. The minimum atomic E-state index is -1.01. The van der Waals surface area contributed by atoms with E-state index in [9.17, 15) is 15.2 Å². The maximum Gasteiger partial charge on any atom is 0.169 e. The molecular weight excluding hydrogens is 318 g/mol. The summed E-state index contributed by atoms with van der Waals surface area (Å²) in [6.07, 6.45) is -1.71. The zero-order valence-electron chi connectivity index (χ0n) is 13.8. The van der Waals surface area contributed by atoms with E-state index in [1.54, 1.807) is 12.1 Å². The van der Waals surface area contributed by atoms with Gasteiger partial charge in [0.15, 0.2) is 6.10 Å². The lowest BCUT2D eigenvalue weighted by atomic mass is 10.1. The summed E-state index contributed by atoms with van der Waals surface area (Å²) < 4.78 is 11.2. The summed E-state index contributed by atoms with van der Waals surface area (Å²) in [7, 11) is 0. The molecule has 3 atom stereocenters. The first-order valence-corrected chi connectivity index (χ1v) is 8.08. The lowest BCUT2D eigenvalue weighted by molar-refractivity contribution is -0.118. The van der Waals surface area contributed by atoms with Crippen molar-refractivity contribution in [3.63, 3.8) is 0 Å². The maximum absolute atomic E-state index is 10.9. The fourth-order valence-corrected chi connectivity index (χ4v) is 2.35. The maximum atomic E-state index is 10.9. The number of carbonyl (C=O) groups excluding carboxylic acids is 1. The third-order valence-electron chi connectivity index (χ3n) is 3.72. The van der Waals surface area contributed by atoms with Crippen molar-refractivity contribution in [3.05, 3.63) is 71.8 Å². The van der Waals surface area contributed by atoms with Gasteiger partial charge in [0.25, 0.3) is 0 Å². The molecule has 0 bridgehead atoms. The molecule has 0 fully saturated rings. The van der Waals surface area contributed by atoms with Crippen LogP contribution in [0, 0.1) is 11.3 Å². The first-order valence-electron chi connectivity index (χ1n) is 8.08. The summed E-state index contributed by atoms with van der Waals surface area (Å²) in [4.78, 5) is 10.9. The van der Waals surface area contributed by atoms with Crippen LogP contribution in [0.5, 0.6) is 0 Å². The molecule has 1 unspecified atom stereocenters. The van der Waals surface area contributed by atoms with Crippen molar-refractivity contribution >= 4 is 6.29 Å². The minimum Gasteiger partial charge on any atom is -0.388 e. The predicted octanol–water partition coefficient (Wildman–Crippen LogP) is 2.80. The minimum absolute atomic E-state index is 0.0555. The van der Waals surface area contributed by atoms with Gasteiger partial charge in [0.2, 0.25) is 0 Å². The second kappa shape index (κ2) is 10.4. The van der Waals surface area contributed by atoms with Crippen molar-refractivity contribution < 1.29 is 19.4 Å². The standard InChI is InChI=1S/C20H21NO4/c21-13-20(17-9-5-2-6-10-17)25-15-18(23)19(11-12-22)24-14-16-7-3-1-4-8-16/h1-10,12,18-20,23H,11,14-15H2/t18-,19+,20?/m1/s1. The molecule has 0 aliphatic heterocycles. The normalized spacial score (nSPS) is 14.2. The molecule has 1 N–H and O–H groups in total. The number of aldehydes is 1. The van der Waals surface area contributed by atoms with Crippen LogP contribution in [0.4, 0.5) is 0 Å². The number of benzene rings is 2. The second-order valence-corrected chi connectivity index (χ2v) is 5.56. The molecule has 2 aromatic carbocycles. The number of ether oxygens (including phenoxy) is 2. The van der Waals surface area contributed by atoms with Crippen molar-refractivity contribution in [3.8, 4) is 6.07 Å². The second-order valence-electron chi connectivity index (χ2n) is 5.56. The average Bonchev–Trinajstić information content (AvgIpc) is 2.67. The van der Waals surface area contributed by atoms with Crippen LogP contribution in [-0.2, 0) is 20.9 Å². The van der Waals surface area contributed by atoms with Gasteiger partial charge < -0.3 is 19.4 Å². The molecule has 0 aromatic heterocycles. The van der Waals surface area contributed by atoms with E-state index in [4.69, 9.17) is 9.47 Å². The molecule has 0 spiro atoms. The van der Waals surface area contributed by atoms with Gasteiger partial charge in [-0.05, 0) is 11.1 Å². The highest BCUT2D eigenvalue weighted by Crippen LogP contribution is 2.17. The molecule has 2 rings (SSSR count). The van der Waals surface area contributed by atoms with Crippen LogP contribution >= 0.6 is 0 Å². The number of hydrogen-bond donors (Lipinski definition) is 1. The van der Waals surface area contributed by atoms with Crippen molar-refractivity contribution in [1.29, 1.82) is 5.26 Å². The summed E-state index contributed by atoms with van der Waals surface area (Å²) in [6.45, 7) is 0.192. The number of aliphatic hydroxyl groups excluding tert-OH is 1. The van der Waals surface area contributed by atoms with Crippen LogP contribution in [0.15, 0.2) is 60.7 Å². The molecule has 0 radical (unpaired) electrons. The Balaban J connectivity index is 1.89. The summed E-state index contributed by atoms with van der Waals surface area (Å²) in [5.74, 6) is 0. The fraction of sp³-hybridized carbons (Fsp3) is 0.300. The third kappa shape index (κ3) is 6.12. The highest BCUT2D eigenvalue weighted by molar-refractivity contribution is 5.50. The first-order chi connectivity index (χ1) is 12.2. The molecule has 5 nitrogen and oxygen atoms in total. The molecule has 0 heterocycles. The Labute approximate surface area is 147 Å². The van der Waals surface area contributed by atoms with Gasteiger partial charge in [-0.25, -0.2) is 0 Å². The number of aliphatic hydroxyl groups is 1. The Bertz CT molecular complexity index is 669. The fourth-order valence-electron chi connectivity index (χ4n) is 2.35. The molecule has 0 aliphatic rings. The van der Waals surface area contributed by atoms with Crippen LogP contribution < -0.4 is 0 Å². The Kier molecular flexibility index (Phi) is 7.80. The highest BCUT2D eigenvalue weighted by Gasteiger charge is 2.22. The average molecular weight is 339 g/mol. The highest BCUT2D eigenvalue weighted by atomic mass is 16.5. The molecule has 5 heteroatoms. The van der Waals surface area contributed by atoms with E-state index in [-0.39, 0.29) is 19.6 Å². The van der Waals surface area contributed by atoms with E-state index in [2.05, 4.69) is 6.07 Å². The zero-order chi connectivity index (χ0) is 17.9. The number of rotatable bonds is 10. The lowest BCUT2D eigenvalue weighted by Gasteiger charge is -2.23. The van der Waals surface area contributed by atoms with Crippen LogP contribution in [-0.4, -0.2) is 30.2 Å². The van der Waals surface area contributed by atoms with Crippen LogP contribution in [0.2, 0.25) is 0 Å². The Morgan fingerprint density at radius 1 is 1.04 bits per heavy atom. The van der Waals surface area contributed by atoms with Gasteiger partial charge >= 0.3 is 0 Å². The summed E-state index contributed by atoms with van der Waals surface area (Å²) in [5.41, 5.74) is 1.67. The van der Waals surface area contributed by atoms with Gasteiger partial charge in [-0.1, -0.05) is 60.7 Å². The number of carbonyl (C=O) groups is 1. The smallest absolute Gasteiger partial charge is 0.169 e.